The molecule has 1 N–H and O–H groups in total. The summed E-state index contributed by atoms with van der Waals surface area (Å²) < 4.78 is 11.4. The third kappa shape index (κ3) is 5.79. The van der Waals surface area contributed by atoms with Crippen LogP contribution in [0.15, 0.2) is 65.2 Å². The molecule has 0 unspecified atom stereocenters. The van der Waals surface area contributed by atoms with Gasteiger partial charge in [0.1, 0.15) is 0 Å². The lowest BCUT2D eigenvalue weighted by atomic mass is 10.1. The molecule has 3 aromatic rings. The first-order valence-electron chi connectivity index (χ1n) is 9.57. The number of carbonyl (C=O) groups excluding carboxylic acids is 1. The summed E-state index contributed by atoms with van der Waals surface area (Å²) in [4.78, 5) is 16.5. The largest absolute Gasteiger partial charge is 0.441 e. The van der Waals surface area contributed by atoms with Crippen LogP contribution in [0.25, 0.3) is 11.3 Å². The molecule has 2 aromatic carbocycles. The van der Waals surface area contributed by atoms with Gasteiger partial charge in [-0.05, 0) is 25.0 Å². The van der Waals surface area contributed by atoms with Crippen molar-refractivity contribution in [2.75, 3.05) is 0 Å². The zero-order valence-electron chi connectivity index (χ0n) is 16.4. The Kier molecular flexibility index (Phi) is 6.98. The molecule has 0 saturated heterocycles. The molecule has 1 aromatic heterocycles. The molecule has 0 spiro atoms. The molecule has 146 valence electrons. The maximum Gasteiger partial charge on any atom is 0.220 e. The first-order chi connectivity index (χ1) is 13.6. The highest BCUT2D eigenvalue weighted by Crippen LogP contribution is 2.20. The van der Waals surface area contributed by atoms with Crippen molar-refractivity contribution in [3.63, 3.8) is 0 Å². The summed E-state index contributed by atoms with van der Waals surface area (Å²) in [5, 5.41) is 2.97. The van der Waals surface area contributed by atoms with Crippen LogP contribution in [0, 0.1) is 0 Å². The summed E-state index contributed by atoms with van der Waals surface area (Å²) >= 11 is 0. The number of nitrogens with zero attached hydrogens (tertiary/aromatic N) is 1. The summed E-state index contributed by atoms with van der Waals surface area (Å²) in [6, 6.07) is 17.8. The van der Waals surface area contributed by atoms with Crippen molar-refractivity contribution in [3.8, 4) is 11.3 Å². The van der Waals surface area contributed by atoms with Gasteiger partial charge in [-0.3, -0.25) is 4.79 Å². The van der Waals surface area contributed by atoms with Gasteiger partial charge < -0.3 is 14.5 Å². The quantitative estimate of drug-likeness (QED) is 0.595. The van der Waals surface area contributed by atoms with Gasteiger partial charge in [-0.1, -0.05) is 54.6 Å². The average molecular weight is 378 g/mol. The van der Waals surface area contributed by atoms with Crippen LogP contribution >= 0.6 is 0 Å². The number of hydrogen-bond donors (Lipinski definition) is 1. The maximum atomic E-state index is 12.2. The fourth-order valence-electron chi connectivity index (χ4n) is 2.79. The molecule has 0 aliphatic rings. The Labute approximate surface area is 165 Å². The van der Waals surface area contributed by atoms with Crippen LogP contribution in [-0.4, -0.2) is 17.0 Å². The van der Waals surface area contributed by atoms with Gasteiger partial charge in [0, 0.05) is 24.9 Å². The van der Waals surface area contributed by atoms with E-state index in [9.17, 15) is 4.79 Å². The standard InChI is InChI=1S/C23H26N2O3/c1-17(2)27-16-20-11-7-6-10-19(20)14-24-22(26)12-13-23-25-15-21(28-23)18-8-4-3-5-9-18/h3-11,15,17H,12-14,16H2,1-2H3,(H,24,26). The normalized spacial score (nSPS) is 11.0. The highest BCUT2D eigenvalue weighted by molar-refractivity contribution is 5.76. The van der Waals surface area contributed by atoms with Crippen LogP contribution in [0.5, 0.6) is 0 Å². The second-order valence-electron chi connectivity index (χ2n) is 6.89. The van der Waals surface area contributed by atoms with Crippen LogP contribution in [0.4, 0.5) is 0 Å². The topological polar surface area (TPSA) is 64.4 Å². The number of benzene rings is 2. The van der Waals surface area contributed by atoms with E-state index in [1.54, 1.807) is 6.20 Å². The fraction of sp³-hybridized carbons (Fsp3) is 0.304. The monoisotopic (exact) mass is 378 g/mol. The molecular weight excluding hydrogens is 352 g/mol. The van der Waals surface area contributed by atoms with E-state index in [1.807, 2.05) is 68.4 Å². The van der Waals surface area contributed by atoms with Gasteiger partial charge in [0.05, 0.1) is 18.9 Å². The molecule has 28 heavy (non-hydrogen) atoms. The Morgan fingerprint density at radius 1 is 1.07 bits per heavy atom. The number of ether oxygens (including phenoxy) is 1. The van der Waals surface area contributed by atoms with E-state index in [0.29, 0.717) is 31.9 Å². The highest BCUT2D eigenvalue weighted by Gasteiger charge is 2.10. The molecular formula is C23H26N2O3. The second kappa shape index (κ2) is 9.85. The van der Waals surface area contributed by atoms with Crippen molar-refractivity contribution in [1.29, 1.82) is 0 Å². The number of oxazole rings is 1. The molecule has 0 aliphatic carbocycles. The van der Waals surface area contributed by atoms with E-state index in [0.717, 1.165) is 22.5 Å². The highest BCUT2D eigenvalue weighted by atomic mass is 16.5. The lowest BCUT2D eigenvalue weighted by molar-refractivity contribution is -0.121. The third-order valence-electron chi connectivity index (χ3n) is 4.34. The first kappa shape index (κ1) is 19.8. The molecule has 0 atom stereocenters. The average Bonchev–Trinajstić information content (AvgIpc) is 3.19. The van der Waals surface area contributed by atoms with Gasteiger partial charge in [0.2, 0.25) is 5.91 Å². The van der Waals surface area contributed by atoms with E-state index in [4.69, 9.17) is 9.15 Å². The minimum atomic E-state index is -0.0287. The van der Waals surface area contributed by atoms with E-state index in [2.05, 4.69) is 10.3 Å². The van der Waals surface area contributed by atoms with Crippen molar-refractivity contribution in [3.05, 3.63) is 77.8 Å². The second-order valence-corrected chi connectivity index (χ2v) is 6.89. The molecule has 0 fully saturated rings. The molecule has 0 saturated carbocycles. The van der Waals surface area contributed by atoms with Gasteiger partial charge >= 0.3 is 0 Å². The maximum absolute atomic E-state index is 12.2. The van der Waals surface area contributed by atoms with Crippen LogP contribution in [-0.2, 0) is 29.1 Å². The molecule has 0 radical (unpaired) electrons. The number of hydrogen-bond acceptors (Lipinski definition) is 4. The number of aryl methyl sites for hydroxylation is 1. The Balaban J connectivity index is 1.49. The van der Waals surface area contributed by atoms with Crippen molar-refractivity contribution in [1.82, 2.24) is 10.3 Å². The SMILES string of the molecule is CC(C)OCc1ccccc1CNC(=O)CCc1ncc(-c2ccccc2)o1. The smallest absolute Gasteiger partial charge is 0.220 e. The van der Waals surface area contributed by atoms with E-state index in [-0.39, 0.29) is 12.0 Å². The molecule has 5 heteroatoms. The van der Waals surface area contributed by atoms with Crippen LogP contribution in [0.1, 0.15) is 37.3 Å². The lowest BCUT2D eigenvalue weighted by Crippen LogP contribution is -2.23. The lowest BCUT2D eigenvalue weighted by Gasteiger charge is -2.12. The van der Waals surface area contributed by atoms with Gasteiger partial charge in [-0.25, -0.2) is 4.98 Å². The Morgan fingerprint density at radius 3 is 2.54 bits per heavy atom. The predicted octanol–water partition coefficient (Wildman–Crippen LogP) is 4.52. The van der Waals surface area contributed by atoms with Crippen molar-refractivity contribution < 1.29 is 13.9 Å². The molecule has 0 bridgehead atoms. The molecule has 1 amide bonds. The summed E-state index contributed by atoms with van der Waals surface area (Å²) in [5.74, 6) is 1.26. The van der Waals surface area contributed by atoms with E-state index < -0.39 is 0 Å². The van der Waals surface area contributed by atoms with Gasteiger partial charge in [-0.15, -0.1) is 0 Å². The van der Waals surface area contributed by atoms with Crippen LogP contribution < -0.4 is 5.32 Å². The zero-order chi connectivity index (χ0) is 19.8. The van der Waals surface area contributed by atoms with Crippen molar-refractivity contribution in [2.24, 2.45) is 0 Å². The minimum absolute atomic E-state index is 0.0287. The first-order valence-corrected chi connectivity index (χ1v) is 9.57. The van der Waals surface area contributed by atoms with Gasteiger partial charge in [0.25, 0.3) is 0 Å². The molecule has 5 nitrogen and oxygen atoms in total. The summed E-state index contributed by atoms with van der Waals surface area (Å²) in [6.45, 7) is 5.05. The van der Waals surface area contributed by atoms with Crippen LogP contribution in [0.3, 0.4) is 0 Å². The number of rotatable bonds is 9. The third-order valence-corrected chi connectivity index (χ3v) is 4.34. The fourth-order valence-corrected chi connectivity index (χ4v) is 2.79. The van der Waals surface area contributed by atoms with Gasteiger partial charge in [0.15, 0.2) is 11.7 Å². The Hall–Kier alpha value is -2.92. The minimum Gasteiger partial charge on any atom is -0.441 e. The molecule has 3 rings (SSSR count). The Morgan fingerprint density at radius 2 is 1.79 bits per heavy atom. The number of nitrogens with one attached hydrogen (secondary N) is 1. The summed E-state index contributed by atoms with van der Waals surface area (Å²) in [6.07, 6.45) is 2.67. The summed E-state index contributed by atoms with van der Waals surface area (Å²) in [5.41, 5.74) is 3.14. The zero-order valence-corrected chi connectivity index (χ0v) is 16.4. The van der Waals surface area contributed by atoms with E-state index in [1.165, 1.54) is 0 Å². The summed E-state index contributed by atoms with van der Waals surface area (Å²) in [7, 11) is 0. The predicted molar refractivity (Wildman–Crippen MR) is 108 cm³/mol. The number of aromatic nitrogens is 1. The molecule has 0 aliphatic heterocycles. The number of carbonyl (C=O) groups is 1. The Bertz CT molecular complexity index is 888. The van der Waals surface area contributed by atoms with E-state index >= 15 is 0 Å². The van der Waals surface area contributed by atoms with Crippen molar-refractivity contribution in [2.45, 2.75) is 45.9 Å². The molecule has 1 heterocycles. The van der Waals surface area contributed by atoms with Gasteiger partial charge in [-0.2, -0.15) is 0 Å². The number of amides is 1. The van der Waals surface area contributed by atoms with Crippen LogP contribution in [0.2, 0.25) is 0 Å². The van der Waals surface area contributed by atoms with Crippen molar-refractivity contribution >= 4 is 5.91 Å².